The molecule has 0 aliphatic carbocycles. The Hall–Kier alpha value is -0.360. The number of nitrogens with zero attached hydrogens (tertiary/aromatic N) is 1. The van der Waals surface area contributed by atoms with Crippen LogP contribution in [-0.2, 0) is 14.3 Å². The van der Waals surface area contributed by atoms with Gasteiger partial charge in [0.15, 0.2) is 0 Å². The van der Waals surface area contributed by atoms with E-state index in [0.717, 1.165) is 13.1 Å². The molecule has 1 aliphatic heterocycles. The molecule has 18 heavy (non-hydrogen) atoms. The van der Waals surface area contributed by atoms with Gasteiger partial charge in [-0.05, 0) is 19.0 Å². The van der Waals surface area contributed by atoms with Gasteiger partial charge in [-0.3, -0.25) is 4.79 Å². The Morgan fingerprint density at radius 2 is 1.78 bits per heavy atom. The fraction of sp³-hybridized carbons (Fsp3) is 0.917. The van der Waals surface area contributed by atoms with E-state index < -0.39 is 0 Å². The molecule has 1 aliphatic rings. The van der Waals surface area contributed by atoms with Crippen LogP contribution in [0.5, 0.6) is 0 Å². The summed E-state index contributed by atoms with van der Waals surface area (Å²) in [4.78, 5) is 14.1. The molecular formula is C12H25ClN2O3. The van der Waals surface area contributed by atoms with Gasteiger partial charge in [-0.2, -0.15) is 0 Å². The Balaban J connectivity index is 0.00000289. The van der Waals surface area contributed by atoms with Crippen LogP contribution in [0.2, 0.25) is 0 Å². The lowest BCUT2D eigenvalue weighted by Gasteiger charge is -2.35. The molecule has 0 bridgehead atoms. The largest absolute Gasteiger partial charge is 0.383 e. The fourth-order valence-electron chi connectivity index (χ4n) is 1.89. The van der Waals surface area contributed by atoms with Gasteiger partial charge in [0.1, 0.15) is 0 Å². The summed E-state index contributed by atoms with van der Waals surface area (Å²) >= 11 is 0. The minimum atomic E-state index is 0. The highest BCUT2D eigenvalue weighted by Gasteiger charge is 2.31. The van der Waals surface area contributed by atoms with E-state index in [9.17, 15) is 4.79 Å². The number of rotatable bonds is 8. The van der Waals surface area contributed by atoms with Crippen molar-refractivity contribution in [3.05, 3.63) is 0 Å². The Labute approximate surface area is 116 Å². The first-order chi connectivity index (χ1) is 8.20. The van der Waals surface area contributed by atoms with Crippen LogP contribution in [0.4, 0.5) is 0 Å². The predicted octanol–water partition coefficient (Wildman–Crippen LogP) is 0.385. The predicted molar refractivity (Wildman–Crippen MR) is 73.1 cm³/mol. The number of carbonyl (C=O) groups is 1. The lowest BCUT2D eigenvalue weighted by molar-refractivity contribution is -0.138. The molecule has 1 saturated heterocycles. The summed E-state index contributed by atoms with van der Waals surface area (Å²) in [6.07, 6.45) is 0. The summed E-state index contributed by atoms with van der Waals surface area (Å²) in [5.74, 6) is 0.783. The number of halogens is 1. The van der Waals surface area contributed by atoms with E-state index in [2.05, 4.69) is 5.32 Å². The number of amides is 1. The maximum absolute atomic E-state index is 12.3. The van der Waals surface area contributed by atoms with Gasteiger partial charge in [0.2, 0.25) is 5.91 Å². The van der Waals surface area contributed by atoms with Crippen molar-refractivity contribution < 1.29 is 14.3 Å². The van der Waals surface area contributed by atoms with Gasteiger partial charge >= 0.3 is 0 Å². The fourth-order valence-corrected chi connectivity index (χ4v) is 1.89. The van der Waals surface area contributed by atoms with Crippen molar-refractivity contribution in [1.82, 2.24) is 10.2 Å². The first-order valence-corrected chi connectivity index (χ1v) is 6.18. The molecular weight excluding hydrogens is 256 g/mol. The standard InChI is InChI=1S/C12H24N2O3.ClH/c1-10(11-8-13-9-11)12(15)14(4-6-16-2)5-7-17-3;/h10-11,13H,4-9H2,1-3H3;1H. The Bertz CT molecular complexity index is 229. The molecule has 6 heteroatoms. The average Bonchev–Trinajstić information content (AvgIpc) is 2.26. The van der Waals surface area contributed by atoms with Crippen LogP contribution in [0.3, 0.4) is 0 Å². The van der Waals surface area contributed by atoms with E-state index in [-0.39, 0.29) is 24.2 Å². The average molecular weight is 281 g/mol. The highest BCUT2D eigenvalue weighted by molar-refractivity contribution is 5.85. The molecule has 0 aromatic heterocycles. The quantitative estimate of drug-likeness (QED) is 0.699. The normalized spacial score (nSPS) is 16.6. The number of hydrogen-bond donors (Lipinski definition) is 1. The maximum atomic E-state index is 12.3. The van der Waals surface area contributed by atoms with Crippen molar-refractivity contribution in [2.45, 2.75) is 6.92 Å². The zero-order chi connectivity index (χ0) is 12.7. The van der Waals surface area contributed by atoms with E-state index in [0.29, 0.717) is 32.2 Å². The van der Waals surface area contributed by atoms with Crippen molar-refractivity contribution in [3.8, 4) is 0 Å². The molecule has 1 atom stereocenters. The topological polar surface area (TPSA) is 50.8 Å². The van der Waals surface area contributed by atoms with Gasteiger partial charge in [-0.15, -0.1) is 12.4 Å². The number of methoxy groups -OCH3 is 2. The minimum Gasteiger partial charge on any atom is -0.383 e. The van der Waals surface area contributed by atoms with Crippen LogP contribution < -0.4 is 5.32 Å². The molecule has 0 spiro atoms. The van der Waals surface area contributed by atoms with Crippen molar-refractivity contribution in [2.24, 2.45) is 11.8 Å². The SMILES string of the molecule is COCCN(CCOC)C(=O)C(C)C1CNC1.Cl. The molecule has 0 radical (unpaired) electrons. The van der Waals surface area contributed by atoms with Gasteiger partial charge in [0, 0.05) is 33.2 Å². The molecule has 5 nitrogen and oxygen atoms in total. The molecule has 108 valence electrons. The van der Waals surface area contributed by atoms with E-state index in [1.54, 1.807) is 14.2 Å². The van der Waals surface area contributed by atoms with Crippen molar-refractivity contribution in [3.63, 3.8) is 0 Å². The second-order valence-corrected chi connectivity index (χ2v) is 4.52. The monoisotopic (exact) mass is 280 g/mol. The van der Waals surface area contributed by atoms with Crippen molar-refractivity contribution in [1.29, 1.82) is 0 Å². The Kier molecular flexibility index (Phi) is 9.36. The molecule has 1 heterocycles. The van der Waals surface area contributed by atoms with Gasteiger partial charge in [-0.1, -0.05) is 6.92 Å². The Morgan fingerprint density at radius 3 is 2.11 bits per heavy atom. The lowest BCUT2D eigenvalue weighted by atomic mass is 9.88. The third-order valence-electron chi connectivity index (χ3n) is 3.35. The molecule has 0 aromatic rings. The highest BCUT2D eigenvalue weighted by Crippen LogP contribution is 2.18. The number of hydrogen-bond acceptors (Lipinski definition) is 4. The maximum Gasteiger partial charge on any atom is 0.225 e. The Morgan fingerprint density at radius 1 is 1.28 bits per heavy atom. The first-order valence-electron chi connectivity index (χ1n) is 6.18. The van der Waals surface area contributed by atoms with E-state index in [1.165, 1.54) is 0 Å². The lowest BCUT2D eigenvalue weighted by Crippen LogP contribution is -2.51. The van der Waals surface area contributed by atoms with Crippen LogP contribution in [0.15, 0.2) is 0 Å². The summed E-state index contributed by atoms with van der Waals surface area (Å²) in [7, 11) is 3.30. The van der Waals surface area contributed by atoms with Crippen LogP contribution in [0, 0.1) is 11.8 Å². The summed E-state index contributed by atoms with van der Waals surface area (Å²) in [6.45, 7) is 6.35. The van der Waals surface area contributed by atoms with E-state index in [4.69, 9.17) is 9.47 Å². The zero-order valence-electron chi connectivity index (χ0n) is 11.5. The molecule has 1 fully saturated rings. The number of carbonyl (C=O) groups excluding carboxylic acids is 1. The molecule has 1 N–H and O–H groups in total. The number of nitrogens with one attached hydrogen (secondary N) is 1. The van der Waals surface area contributed by atoms with Crippen LogP contribution >= 0.6 is 12.4 Å². The molecule has 1 amide bonds. The van der Waals surface area contributed by atoms with Gasteiger partial charge in [-0.25, -0.2) is 0 Å². The second kappa shape index (κ2) is 9.55. The van der Waals surface area contributed by atoms with Crippen LogP contribution in [-0.4, -0.2) is 64.4 Å². The van der Waals surface area contributed by atoms with Crippen molar-refractivity contribution in [2.75, 3.05) is 53.6 Å². The smallest absolute Gasteiger partial charge is 0.225 e. The third kappa shape index (κ3) is 5.10. The van der Waals surface area contributed by atoms with Crippen molar-refractivity contribution >= 4 is 18.3 Å². The van der Waals surface area contributed by atoms with E-state index >= 15 is 0 Å². The highest BCUT2D eigenvalue weighted by atomic mass is 35.5. The molecule has 0 saturated carbocycles. The third-order valence-corrected chi connectivity index (χ3v) is 3.35. The first kappa shape index (κ1) is 17.6. The van der Waals surface area contributed by atoms with Gasteiger partial charge in [0.05, 0.1) is 13.2 Å². The minimum absolute atomic E-state index is 0. The van der Waals surface area contributed by atoms with Crippen LogP contribution in [0.25, 0.3) is 0 Å². The summed E-state index contributed by atoms with van der Waals surface area (Å²) in [5.41, 5.74) is 0. The summed E-state index contributed by atoms with van der Waals surface area (Å²) < 4.78 is 10.1. The second-order valence-electron chi connectivity index (χ2n) is 4.52. The van der Waals surface area contributed by atoms with E-state index in [1.807, 2.05) is 11.8 Å². The summed E-state index contributed by atoms with van der Waals surface area (Å²) in [6, 6.07) is 0. The van der Waals surface area contributed by atoms with Gasteiger partial charge in [0.25, 0.3) is 0 Å². The number of ether oxygens (including phenoxy) is 2. The molecule has 1 unspecified atom stereocenters. The zero-order valence-corrected chi connectivity index (χ0v) is 12.3. The van der Waals surface area contributed by atoms with Crippen LogP contribution in [0.1, 0.15) is 6.92 Å². The summed E-state index contributed by atoms with van der Waals surface area (Å²) in [5, 5.41) is 3.20. The molecule has 1 rings (SSSR count). The van der Waals surface area contributed by atoms with Gasteiger partial charge < -0.3 is 19.7 Å². The molecule has 0 aromatic carbocycles.